The van der Waals surface area contributed by atoms with E-state index in [-0.39, 0.29) is 0 Å². The van der Waals surface area contributed by atoms with E-state index in [0.29, 0.717) is 0 Å². The number of hydrogen-bond acceptors (Lipinski definition) is 1. The van der Waals surface area contributed by atoms with Crippen LogP contribution in [0.3, 0.4) is 0 Å². The molecule has 4 aromatic rings. The van der Waals surface area contributed by atoms with E-state index in [9.17, 15) is 5.11 Å². The summed E-state index contributed by atoms with van der Waals surface area (Å²) in [5.41, 5.74) is 4.15. The van der Waals surface area contributed by atoms with Gasteiger partial charge in [0.05, 0.1) is 6.10 Å². The van der Waals surface area contributed by atoms with Gasteiger partial charge < -0.3 is 5.11 Å². The first-order chi connectivity index (χ1) is 12.8. The summed E-state index contributed by atoms with van der Waals surface area (Å²) in [7, 11) is 0. The molecule has 1 heteroatoms. The van der Waals surface area contributed by atoms with E-state index < -0.39 is 6.10 Å². The third-order valence-corrected chi connectivity index (χ3v) is 4.64. The van der Waals surface area contributed by atoms with Crippen LogP contribution in [0.25, 0.3) is 16.3 Å². The van der Waals surface area contributed by atoms with Crippen molar-refractivity contribution >= 4 is 16.3 Å². The summed E-state index contributed by atoms with van der Waals surface area (Å²) in [6, 6.07) is 34.7. The maximum absolute atomic E-state index is 11.0. The first-order valence-electron chi connectivity index (χ1n) is 8.81. The molecule has 0 amide bonds. The molecule has 0 radical (unpaired) electrons. The predicted octanol–water partition coefficient (Wildman–Crippen LogP) is 6.01. The van der Waals surface area contributed by atoms with Crippen molar-refractivity contribution in [2.75, 3.05) is 0 Å². The minimum absolute atomic E-state index is 0.684. The molecule has 1 N–H and O–H groups in total. The topological polar surface area (TPSA) is 20.2 Å². The molecule has 126 valence electrons. The van der Waals surface area contributed by atoms with Crippen LogP contribution >= 0.6 is 0 Å². The van der Waals surface area contributed by atoms with Gasteiger partial charge in [-0.3, -0.25) is 0 Å². The molecule has 1 nitrogen and oxygen atoms in total. The standard InChI is InChI=1S/C25H20O/c26-25(23-17-9-15-19-14-7-8-16-22(19)23)18-24(20-10-3-1-4-11-20)21-12-5-2-6-13-21/h1-18,25-26H. The number of aliphatic hydroxyl groups excluding tert-OH is 1. The van der Waals surface area contributed by atoms with E-state index in [1.54, 1.807) is 0 Å². The van der Waals surface area contributed by atoms with Crippen LogP contribution < -0.4 is 0 Å². The lowest BCUT2D eigenvalue weighted by atomic mass is 9.93. The Bertz CT molecular complexity index is 986. The Balaban J connectivity index is 1.84. The third-order valence-electron chi connectivity index (χ3n) is 4.64. The van der Waals surface area contributed by atoms with Crippen LogP contribution in [0.4, 0.5) is 0 Å². The number of hydrogen-bond donors (Lipinski definition) is 1. The van der Waals surface area contributed by atoms with E-state index in [1.165, 1.54) is 0 Å². The zero-order valence-electron chi connectivity index (χ0n) is 14.4. The van der Waals surface area contributed by atoms with E-state index in [1.807, 2.05) is 66.7 Å². The van der Waals surface area contributed by atoms with Crippen molar-refractivity contribution in [2.45, 2.75) is 6.10 Å². The van der Waals surface area contributed by atoms with Crippen LogP contribution in [0.2, 0.25) is 0 Å². The number of fused-ring (bicyclic) bond motifs is 1. The van der Waals surface area contributed by atoms with Gasteiger partial charge in [-0.05, 0) is 39.1 Å². The first kappa shape index (κ1) is 16.3. The quantitative estimate of drug-likeness (QED) is 0.484. The maximum atomic E-state index is 11.0. The SMILES string of the molecule is OC(C=C(c1ccccc1)c1ccccc1)c1cccc2ccccc12. The Hall–Kier alpha value is -3.16. The van der Waals surface area contributed by atoms with Crippen LogP contribution in [0, 0.1) is 0 Å². The molecule has 4 rings (SSSR count). The van der Waals surface area contributed by atoms with Gasteiger partial charge in [0.2, 0.25) is 0 Å². The second kappa shape index (κ2) is 7.38. The molecule has 0 saturated carbocycles. The molecule has 0 bridgehead atoms. The lowest BCUT2D eigenvalue weighted by molar-refractivity contribution is 0.231. The lowest BCUT2D eigenvalue weighted by Gasteiger charge is -2.14. The summed E-state index contributed by atoms with van der Waals surface area (Å²) in [4.78, 5) is 0. The summed E-state index contributed by atoms with van der Waals surface area (Å²) in [5.74, 6) is 0. The monoisotopic (exact) mass is 336 g/mol. The normalized spacial score (nSPS) is 11.9. The fraction of sp³-hybridized carbons (Fsp3) is 0.0400. The van der Waals surface area contributed by atoms with Crippen molar-refractivity contribution < 1.29 is 5.11 Å². The molecule has 0 aromatic heterocycles. The Morgan fingerprint density at radius 3 is 1.81 bits per heavy atom. The first-order valence-corrected chi connectivity index (χ1v) is 8.81. The molecular weight excluding hydrogens is 316 g/mol. The predicted molar refractivity (Wildman–Crippen MR) is 109 cm³/mol. The fourth-order valence-corrected chi connectivity index (χ4v) is 3.35. The Labute approximate surface area is 153 Å². The highest BCUT2D eigenvalue weighted by molar-refractivity contribution is 5.87. The Morgan fingerprint density at radius 1 is 0.615 bits per heavy atom. The van der Waals surface area contributed by atoms with Crippen LogP contribution in [-0.4, -0.2) is 5.11 Å². The minimum atomic E-state index is -0.684. The van der Waals surface area contributed by atoms with Gasteiger partial charge in [-0.15, -0.1) is 0 Å². The highest BCUT2D eigenvalue weighted by atomic mass is 16.3. The smallest absolute Gasteiger partial charge is 0.0986 e. The summed E-state index contributed by atoms with van der Waals surface area (Å²) in [5, 5.41) is 13.3. The molecule has 0 fully saturated rings. The van der Waals surface area contributed by atoms with Crippen molar-refractivity contribution in [3.05, 3.63) is 126 Å². The minimum Gasteiger partial charge on any atom is -0.384 e. The summed E-state index contributed by atoms with van der Waals surface area (Å²) < 4.78 is 0. The molecule has 0 spiro atoms. The van der Waals surface area contributed by atoms with E-state index in [4.69, 9.17) is 0 Å². The third kappa shape index (κ3) is 3.30. The summed E-state index contributed by atoms with van der Waals surface area (Å²) >= 11 is 0. The highest BCUT2D eigenvalue weighted by Crippen LogP contribution is 2.30. The molecule has 26 heavy (non-hydrogen) atoms. The number of rotatable bonds is 4. The van der Waals surface area contributed by atoms with Crippen LogP contribution in [0.1, 0.15) is 22.8 Å². The van der Waals surface area contributed by atoms with E-state index >= 15 is 0 Å². The van der Waals surface area contributed by atoms with Crippen molar-refractivity contribution in [3.63, 3.8) is 0 Å². The highest BCUT2D eigenvalue weighted by Gasteiger charge is 2.12. The molecule has 0 heterocycles. The molecule has 1 atom stereocenters. The van der Waals surface area contributed by atoms with Gasteiger partial charge in [-0.2, -0.15) is 0 Å². The maximum Gasteiger partial charge on any atom is 0.0986 e. The van der Waals surface area contributed by atoms with E-state index in [2.05, 4.69) is 42.5 Å². The van der Waals surface area contributed by atoms with Gasteiger partial charge in [-0.25, -0.2) is 0 Å². The van der Waals surface area contributed by atoms with Crippen molar-refractivity contribution in [3.8, 4) is 0 Å². The zero-order valence-corrected chi connectivity index (χ0v) is 14.4. The van der Waals surface area contributed by atoms with Gasteiger partial charge in [0.15, 0.2) is 0 Å². The average molecular weight is 336 g/mol. The zero-order chi connectivity index (χ0) is 17.8. The lowest BCUT2D eigenvalue weighted by Crippen LogP contribution is -1.98. The van der Waals surface area contributed by atoms with Gasteiger partial charge in [-0.1, -0.05) is 103 Å². The molecule has 0 saturated heterocycles. The molecular formula is C25H20O. The second-order valence-corrected chi connectivity index (χ2v) is 6.33. The van der Waals surface area contributed by atoms with Crippen molar-refractivity contribution in [2.24, 2.45) is 0 Å². The number of benzene rings is 4. The van der Waals surface area contributed by atoms with Crippen LogP contribution in [0.15, 0.2) is 109 Å². The Morgan fingerprint density at radius 2 is 1.15 bits per heavy atom. The van der Waals surface area contributed by atoms with E-state index in [0.717, 1.165) is 33.0 Å². The molecule has 1 unspecified atom stereocenters. The van der Waals surface area contributed by atoms with Crippen LogP contribution in [-0.2, 0) is 0 Å². The average Bonchev–Trinajstić information content (AvgIpc) is 2.72. The van der Waals surface area contributed by atoms with Crippen LogP contribution in [0.5, 0.6) is 0 Å². The largest absolute Gasteiger partial charge is 0.384 e. The number of aliphatic hydroxyl groups is 1. The Kier molecular flexibility index (Phi) is 4.63. The second-order valence-electron chi connectivity index (χ2n) is 6.33. The summed E-state index contributed by atoms with van der Waals surface area (Å²) in [6.45, 7) is 0. The molecule has 0 aliphatic heterocycles. The van der Waals surface area contributed by atoms with Gasteiger partial charge in [0.25, 0.3) is 0 Å². The molecule has 4 aromatic carbocycles. The fourth-order valence-electron chi connectivity index (χ4n) is 3.35. The van der Waals surface area contributed by atoms with Gasteiger partial charge in [0.1, 0.15) is 0 Å². The van der Waals surface area contributed by atoms with Crippen molar-refractivity contribution in [1.29, 1.82) is 0 Å². The summed E-state index contributed by atoms with van der Waals surface area (Å²) in [6.07, 6.45) is 1.27. The molecule has 0 aliphatic carbocycles. The van der Waals surface area contributed by atoms with Gasteiger partial charge >= 0.3 is 0 Å². The van der Waals surface area contributed by atoms with Gasteiger partial charge in [0, 0.05) is 0 Å². The molecule has 0 aliphatic rings. The van der Waals surface area contributed by atoms with Crippen molar-refractivity contribution in [1.82, 2.24) is 0 Å².